The Balaban J connectivity index is 1.44. The van der Waals surface area contributed by atoms with Crippen LogP contribution < -0.4 is 5.32 Å². The first-order chi connectivity index (χ1) is 12.5. The van der Waals surface area contributed by atoms with Crippen LogP contribution >= 0.6 is 0 Å². The third kappa shape index (κ3) is 4.07. The Morgan fingerprint density at radius 3 is 2.19 bits per heavy atom. The second-order valence-corrected chi connectivity index (χ2v) is 7.86. The van der Waals surface area contributed by atoms with E-state index in [-0.39, 0.29) is 42.2 Å². The van der Waals surface area contributed by atoms with Gasteiger partial charge in [-0.2, -0.15) is 0 Å². The second kappa shape index (κ2) is 8.18. The van der Waals surface area contributed by atoms with Crippen LogP contribution in [0.1, 0.15) is 58.3 Å². The van der Waals surface area contributed by atoms with Gasteiger partial charge in [-0.1, -0.05) is 32.6 Å². The molecule has 7 heteroatoms. The summed E-state index contributed by atoms with van der Waals surface area (Å²) in [5.41, 5.74) is 0. The SMILES string of the molecule is CC1CCCCC1NC(=O)COC(=O)CN1C(=O)C2CCCCC2C1=O. The minimum Gasteiger partial charge on any atom is -0.454 e. The molecule has 1 saturated heterocycles. The van der Waals surface area contributed by atoms with E-state index in [1.807, 2.05) is 0 Å². The predicted molar refractivity (Wildman–Crippen MR) is 92.7 cm³/mol. The van der Waals surface area contributed by atoms with Gasteiger partial charge in [-0.15, -0.1) is 0 Å². The number of fused-ring (bicyclic) bond motifs is 1. The van der Waals surface area contributed by atoms with Crippen molar-refractivity contribution >= 4 is 23.7 Å². The summed E-state index contributed by atoms with van der Waals surface area (Å²) in [5.74, 6) is -1.71. The van der Waals surface area contributed by atoms with E-state index in [0.717, 1.165) is 37.0 Å². The Labute approximate surface area is 153 Å². The van der Waals surface area contributed by atoms with Crippen LogP contribution in [0.4, 0.5) is 0 Å². The molecular formula is C19H28N2O5. The molecule has 1 aliphatic heterocycles. The molecule has 4 atom stereocenters. The first-order valence-electron chi connectivity index (χ1n) is 9.77. The molecule has 26 heavy (non-hydrogen) atoms. The van der Waals surface area contributed by atoms with Crippen LogP contribution in [0.3, 0.4) is 0 Å². The highest BCUT2D eigenvalue weighted by atomic mass is 16.5. The molecule has 0 spiro atoms. The molecular weight excluding hydrogens is 336 g/mol. The molecule has 1 N–H and O–H groups in total. The van der Waals surface area contributed by atoms with Crippen molar-refractivity contribution in [2.75, 3.05) is 13.2 Å². The number of imide groups is 1. The average molecular weight is 364 g/mol. The van der Waals surface area contributed by atoms with Crippen LogP contribution in [-0.2, 0) is 23.9 Å². The molecule has 4 unspecified atom stereocenters. The fourth-order valence-corrected chi connectivity index (χ4v) is 4.49. The van der Waals surface area contributed by atoms with Crippen molar-refractivity contribution in [2.24, 2.45) is 17.8 Å². The third-order valence-corrected chi connectivity index (χ3v) is 6.04. The lowest BCUT2D eigenvalue weighted by molar-refractivity contribution is -0.155. The summed E-state index contributed by atoms with van der Waals surface area (Å²) >= 11 is 0. The Bertz CT molecular complexity index is 566. The highest BCUT2D eigenvalue weighted by Gasteiger charge is 2.48. The van der Waals surface area contributed by atoms with E-state index in [0.29, 0.717) is 18.8 Å². The monoisotopic (exact) mass is 364 g/mol. The van der Waals surface area contributed by atoms with Crippen molar-refractivity contribution in [3.8, 4) is 0 Å². The van der Waals surface area contributed by atoms with Crippen LogP contribution in [0.25, 0.3) is 0 Å². The van der Waals surface area contributed by atoms with Gasteiger partial charge in [0.2, 0.25) is 11.8 Å². The van der Waals surface area contributed by atoms with Gasteiger partial charge >= 0.3 is 5.97 Å². The molecule has 0 aromatic carbocycles. The van der Waals surface area contributed by atoms with Crippen LogP contribution in [-0.4, -0.2) is 47.8 Å². The maximum atomic E-state index is 12.3. The molecule has 0 aromatic heterocycles. The molecule has 1 heterocycles. The number of nitrogens with one attached hydrogen (secondary N) is 1. The quantitative estimate of drug-likeness (QED) is 0.588. The molecule has 0 bridgehead atoms. The van der Waals surface area contributed by atoms with Crippen molar-refractivity contribution in [1.29, 1.82) is 0 Å². The molecule has 144 valence electrons. The lowest BCUT2D eigenvalue weighted by Crippen LogP contribution is -2.43. The smallest absolute Gasteiger partial charge is 0.326 e. The van der Waals surface area contributed by atoms with Gasteiger partial charge in [0.1, 0.15) is 6.54 Å². The number of likely N-dealkylation sites (tertiary alicyclic amines) is 1. The standard InChI is InChI=1S/C19H28N2O5/c1-12-6-2-5-9-15(12)20-16(22)11-26-17(23)10-21-18(24)13-7-3-4-8-14(13)19(21)25/h12-15H,2-11H2,1H3,(H,20,22). The third-order valence-electron chi connectivity index (χ3n) is 6.04. The summed E-state index contributed by atoms with van der Waals surface area (Å²) in [6, 6.07) is 0.125. The molecule has 3 fully saturated rings. The van der Waals surface area contributed by atoms with Gasteiger partial charge in [0.15, 0.2) is 6.61 Å². The number of ether oxygens (including phenoxy) is 1. The number of carbonyl (C=O) groups excluding carboxylic acids is 4. The zero-order chi connectivity index (χ0) is 18.7. The average Bonchev–Trinajstić information content (AvgIpc) is 2.87. The first kappa shape index (κ1) is 18.9. The molecule has 2 aliphatic carbocycles. The molecule has 3 rings (SSSR count). The molecule has 2 saturated carbocycles. The molecule has 7 nitrogen and oxygen atoms in total. The van der Waals surface area contributed by atoms with Gasteiger partial charge in [0.05, 0.1) is 11.8 Å². The number of amides is 3. The summed E-state index contributed by atoms with van der Waals surface area (Å²) < 4.78 is 5.00. The molecule has 3 aliphatic rings. The van der Waals surface area contributed by atoms with E-state index in [9.17, 15) is 19.2 Å². The van der Waals surface area contributed by atoms with E-state index < -0.39 is 12.5 Å². The number of esters is 1. The van der Waals surface area contributed by atoms with E-state index in [4.69, 9.17) is 4.74 Å². The number of nitrogens with zero attached hydrogens (tertiary/aromatic N) is 1. The highest BCUT2D eigenvalue weighted by Crippen LogP contribution is 2.37. The van der Waals surface area contributed by atoms with E-state index in [2.05, 4.69) is 12.2 Å². The topological polar surface area (TPSA) is 92.8 Å². The first-order valence-corrected chi connectivity index (χ1v) is 9.77. The highest BCUT2D eigenvalue weighted by molar-refractivity contribution is 6.07. The number of carbonyl (C=O) groups is 4. The normalized spacial score (nSPS) is 31.5. The lowest BCUT2D eigenvalue weighted by Gasteiger charge is -2.29. The van der Waals surface area contributed by atoms with Gasteiger partial charge in [-0.3, -0.25) is 24.1 Å². The lowest BCUT2D eigenvalue weighted by atomic mass is 9.81. The van der Waals surface area contributed by atoms with Gasteiger partial charge in [-0.25, -0.2) is 0 Å². The van der Waals surface area contributed by atoms with Crippen molar-refractivity contribution in [3.05, 3.63) is 0 Å². The number of rotatable bonds is 5. The van der Waals surface area contributed by atoms with Crippen LogP contribution in [0.2, 0.25) is 0 Å². The summed E-state index contributed by atoms with van der Waals surface area (Å²) in [7, 11) is 0. The second-order valence-electron chi connectivity index (χ2n) is 7.86. The summed E-state index contributed by atoms with van der Waals surface area (Å²) in [5, 5.41) is 2.91. The van der Waals surface area contributed by atoms with E-state index >= 15 is 0 Å². The molecule has 3 amide bonds. The predicted octanol–water partition coefficient (Wildman–Crippen LogP) is 1.40. The minimum absolute atomic E-state index is 0.125. The summed E-state index contributed by atoms with van der Waals surface area (Å²) in [6.07, 6.45) is 7.62. The summed E-state index contributed by atoms with van der Waals surface area (Å²) in [4.78, 5) is 49.7. The van der Waals surface area contributed by atoms with Crippen molar-refractivity contribution in [2.45, 2.75) is 64.3 Å². The van der Waals surface area contributed by atoms with Crippen molar-refractivity contribution < 1.29 is 23.9 Å². The van der Waals surface area contributed by atoms with E-state index in [1.165, 1.54) is 6.42 Å². The largest absolute Gasteiger partial charge is 0.454 e. The fraction of sp³-hybridized carbons (Fsp3) is 0.789. The Kier molecular flexibility index (Phi) is 5.94. The Hall–Kier alpha value is -1.92. The number of hydrogen-bond acceptors (Lipinski definition) is 5. The Morgan fingerprint density at radius 2 is 1.58 bits per heavy atom. The number of hydrogen-bond donors (Lipinski definition) is 1. The van der Waals surface area contributed by atoms with Gasteiger partial charge < -0.3 is 10.1 Å². The Morgan fingerprint density at radius 1 is 1.00 bits per heavy atom. The van der Waals surface area contributed by atoms with Gasteiger partial charge in [0.25, 0.3) is 5.91 Å². The minimum atomic E-state index is -0.711. The van der Waals surface area contributed by atoms with E-state index in [1.54, 1.807) is 0 Å². The fourth-order valence-electron chi connectivity index (χ4n) is 4.49. The maximum absolute atomic E-state index is 12.3. The zero-order valence-corrected chi connectivity index (χ0v) is 15.4. The maximum Gasteiger partial charge on any atom is 0.326 e. The van der Waals surface area contributed by atoms with Gasteiger partial charge in [-0.05, 0) is 31.6 Å². The van der Waals surface area contributed by atoms with Crippen molar-refractivity contribution in [1.82, 2.24) is 10.2 Å². The molecule has 0 radical (unpaired) electrons. The van der Waals surface area contributed by atoms with Gasteiger partial charge in [0, 0.05) is 6.04 Å². The molecule has 0 aromatic rings. The van der Waals surface area contributed by atoms with Crippen molar-refractivity contribution in [3.63, 3.8) is 0 Å². The van der Waals surface area contributed by atoms with Crippen LogP contribution in [0.5, 0.6) is 0 Å². The zero-order valence-electron chi connectivity index (χ0n) is 15.4. The van der Waals surface area contributed by atoms with Crippen LogP contribution in [0, 0.1) is 17.8 Å². The summed E-state index contributed by atoms with van der Waals surface area (Å²) in [6.45, 7) is 1.35. The van der Waals surface area contributed by atoms with Crippen LogP contribution in [0.15, 0.2) is 0 Å².